The minimum Gasteiger partial charge on any atom is -0.496 e. The number of carbonyl (C=O) groups excluding carboxylic acids is 3. The summed E-state index contributed by atoms with van der Waals surface area (Å²) in [7, 11) is 1.71. The fourth-order valence-corrected chi connectivity index (χ4v) is 6.66. The Hall–Kier alpha value is -3.79. The maximum absolute atomic E-state index is 13.6. The minimum atomic E-state index is -0.459. The first-order valence-corrected chi connectivity index (χ1v) is 15.1. The Morgan fingerprint density at radius 2 is 1.86 bits per heavy atom. The first-order valence-electron chi connectivity index (χ1n) is 15.1. The fourth-order valence-electron chi connectivity index (χ4n) is 6.66. The molecule has 1 N–H and O–H groups in total. The highest BCUT2D eigenvalue weighted by Crippen LogP contribution is 2.32. The highest BCUT2D eigenvalue weighted by atomic mass is 16.6. The molecule has 4 aliphatic rings. The van der Waals surface area contributed by atoms with E-state index in [2.05, 4.69) is 22.3 Å². The van der Waals surface area contributed by atoms with Crippen LogP contribution in [0, 0.1) is 0 Å². The molecule has 2 atom stereocenters. The van der Waals surface area contributed by atoms with E-state index in [1.165, 1.54) is 22.4 Å². The third-order valence-corrected chi connectivity index (χ3v) is 8.87. The van der Waals surface area contributed by atoms with Gasteiger partial charge in [0, 0.05) is 31.1 Å². The Balaban J connectivity index is 1.20. The molecule has 2 aromatic carbocycles. The summed E-state index contributed by atoms with van der Waals surface area (Å²) in [6.07, 6.45) is 4.65. The van der Waals surface area contributed by atoms with Crippen LogP contribution in [0.25, 0.3) is 0 Å². The van der Waals surface area contributed by atoms with Crippen LogP contribution in [-0.2, 0) is 33.7 Å². The minimum absolute atomic E-state index is 0.0221. The van der Waals surface area contributed by atoms with Gasteiger partial charge in [0.05, 0.1) is 32.8 Å². The number of ether oxygens (including phenoxy) is 3. The quantitative estimate of drug-likeness (QED) is 0.584. The van der Waals surface area contributed by atoms with E-state index in [4.69, 9.17) is 14.2 Å². The molecule has 3 aliphatic heterocycles. The number of amides is 3. The second-order valence-corrected chi connectivity index (χ2v) is 11.7. The number of hydrogen-bond donors (Lipinski definition) is 1. The van der Waals surface area contributed by atoms with Crippen molar-refractivity contribution in [3.8, 4) is 11.5 Å². The lowest BCUT2D eigenvalue weighted by molar-refractivity contribution is -0.131. The zero-order valence-electron chi connectivity index (χ0n) is 24.3. The van der Waals surface area contributed by atoms with Crippen molar-refractivity contribution in [2.75, 3.05) is 59.6 Å². The number of methoxy groups -OCH3 is 1. The van der Waals surface area contributed by atoms with Crippen molar-refractivity contribution in [1.82, 2.24) is 20.0 Å². The molecule has 0 spiro atoms. The number of hydrogen-bond acceptors (Lipinski definition) is 7. The first-order chi connectivity index (χ1) is 20.5. The van der Waals surface area contributed by atoms with Gasteiger partial charge in [-0.3, -0.25) is 19.4 Å². The maximum atomic E-state index is 13.6. The first kappa shape index (κ1) is 28.3. The van der Waals surface area contributed by atoms with E-state index >= 15 is 0 Å². The predicted molar refractivity (Wildman–Crippen MR) is 156 cm³/mol. The van der Waals surface area contributed by atoms with Gasteiger partial charge in [-0.1, -0.05) is 18.2 Å². The van der Waals surface area contributed by atoms with Crippen LogP contribution >= 0.6 is 0 Å². The summed E-state index contributed by atoms with van der Waals surface area (Å²) < 4.78 is 16.9. The molecule has 0 unspecified atom stereocenters. The molecule has 3 heterocycles. The fraction of sp³-hybridized carbons (Fsp3) is 0.531. The molecule has 0 saturated carbocycles. The second kappa shape index (κ2) is 12.6. The summed E-state index contributed by atoms with van der Waals surface area (Å²) in [6.45, 7) is 3.73. The summed E-state index contributed by atoms with van der Waals surface area (Å²) in [6, 6.07) is 12.1. The van der Waals surface area contributed by atoms with Crippen LogP contribution in [0.4, 0.5) is 4.79 Å². The maximum Gasteiger partial charge on any atom is 0.410 e. The van der Waals surface area contributed by atoms with Gasteiger partial charge in [0.1, 0.15) is 24.7 Å². The lowest BCUT2D eigenvalue weighted by atomic mass is 9.94. The molecule has 3 amide bonds. The largest absolute Gasteiger partial charge is 0.496 e. The Morgan fingerprint density at radius 1 is 1.00 bits per heavy atom. The van der Waals surface area contributed by atoms with Crippen molar-refractivity contribution < 1.29 is 28.6 Å². The summed E-state index contributed by atoms with van der Waals surface area (Å²) in [5, 5.41) is 3.26. The van der Waals surface area contributed by atoms with Gasteiger partial charge in [0.15, 0.2) is 0 Å². The molecular formula is C32H40N4O6. The van der Waals surface area contributed by atoms with Gasteiger partial charge in [-0.25, -0.2) is 4.79 Å². The molecule has 224 valence electrons. The van der Waals surface area contributed by atoms with E-state index in [0.29, 0.717) is 39.4 Å². The van der Waals surface area contributed by atoms with Gasteiger partial charge < -0.3 is 24.4 Å². The van der Waals surface area contributed by atoms with Gasteiger partial charge >= 0.3 is 6.09 Å². The number of carbonyl (C=O) groups is 3. The molecule has 2 aromatic rings. The van der Waals surface area contributed by atoms with E-state index < -0.39 is 6.09 Å². The zero-order valence-corrected chi connectivity index (χ0v) is 24.3. The van der Waals surface area contributed by atoms with Crippen LogP contribution in [-0.4, -0.2) is 98.2 Å². The van der Waals surface area contributed by atoms with Crippen molar-refractivity contribution in [1.29, 1.82) is 0 Å². The summed E-state index contributed by atoms with van der Waals surface area (Å²) in [5.74, 6) is 1.36. The number of benzene rings is 2. The highest BCUT2D eigenvalue weighted by Gasteiger charge is 2.38. The van der Waals surface area contributed by atoms with E-state index in [0.717, 1.165) is 54.9 Å². The van der Waals surface area contributed by atoms with Crippen LogP contribution in [0.15, 0.2) is 36.4 Å². The standard InChI is InChI=1S/C32H40N4O6/c1-40-29-16-23-7-4-6-22(23)14-25(29)17-34-10-2-3-12-41-26-9-5-8-24(15-26)27-18-36(19-28(27)33-30(37)20-34)31(38)21-35-11-13-42-32(35)39/h5,8-9,14-16,27-28H,2-4,6-7,10-13,17-21H2,1H3,(H,33,37)/t27-,28+/m1/s1. The smallest absolute Gasteiger partial charge is 0.410 e. The number of fused-ring (bicyclic) bond motifs is 5. The van der Waals surface area contributed by atoms with E-state index in [1.54, 1.807) is 12.0 Å². The third kappa shape index (κ3) is 6.33. The molecule has 2 bridgehead atoms. The van der Waals surface area contributed by atoms with Crippen LogP contribution in [0.3, 0.4) is 0 Å². The SMILES string of the molecule is COc1cc2c(cc1CN1CCCCOc3cccc(c3)[C@H]3CN(C(=O)CN4CCOC4=O)C[C@@H]3NC(=O)C1)CCC2. The number of nitrogens with one attached hydrogen (secondary N) is 1. The molecule has 2 saturated heterocycles. The molecular weight excluding hydrogens is 536 g/mol. The molecule has 0 radical (unpaired) electrons. The monoisotopic (exact) mass is 576 g/mol. The molecule has 10 nitrogen and oxygen atoms in total. The molecule has 0 aromatic heterocycles. The van der Waals surface area contributed by atoms with Crippen molar-refractivity contribution >= 4 is 17.9 Å². The van der Waals surface area contributed by atoms with Gasteiger partial charge in [0.2, 0.25) is 11.8 Å². The van der Waals surface area contributed by atoms with Crippen molar-refractivity contribution in [2.45, 2.75) is 50.6 Å². The Kier molecular flexibility index (Phi) is 8.51. The Bertz CT molecular complexity index is 1330. The topological polar surface area (TPSA) is 101 Å². The zero-order chi connectivity index (χ0) is 29.1. The lowest BCUT2D eigenvalue weighted by Crippen LogP contribution is -2.46. The van der Waals surface area contributed by atoms with Crippen LogP contribution in [0.1, 0.15) is 47.4 Å². The lowest BCUT2D eigenvalue weighted by Gasteiger charge is -2.26. The molecule has 10 heteroatoms. The van der Waals surface area contributed by atoms with Gasteiger partial charge in [0.25, 0.3) is 0 Å². The van der Waals surface area contributed by atoms with Gasteiger partial charge in [-0.2, -0.15) is 0 Å². The molecule has 6 rings (SSSR count). The number of aryl methyl sites for hydroxylation is 2. The second-order valence-electron chi connectivity index (χ2n) is 11.7. The summed E-state index contributed by atoms with van der Waals surface area (Å²) in [4.78, 5) is 44.1. The van der Waals surface area contributed by atoms with E-state index in [9.17, 15) is 14.4 Å². The number of rotatable bonds is 5. The average Bonchev–Trinajstić information content (AvgIpc) is 3.72. The van der Waals surface area contributed by atoms with E-state index in [-0.39, 0.29) is 36.9 Å². The van der Waals surface area contributed by atoms with Crippen LogP contribution in [0.5, 0.6) is 11.5 Å². The highest BCUT2D eigenvalue weighted by molar-refractivity contribution is 5.84. The van der Waals surface area contributed by atoms with Crippen LogP contribution < -0.4 is 14.8 Å². The van der Waals surface area contributed by atoms with Crippen molar-refractivity contribution in [3.05, 3.63) is 58.7 Å². The van der Waals surface area contributed by atoms with Gasteiger partial charge in [-0.15, -0.1) is 0 Å². The molecule has 2 fully saturated rings. The average molecular weight is 577 g/mol. The van der Waals surface area contributed by atoms with Gasteiger partial charge in [-0.05, 0) is 73.5 Å². The van der Waals surface area contributed by atoms with E-state index in [1.807, 2.05) is 24.3 Å². The van der Waals surface area contributed by atoms with Crippen molar-refractivity contribution in [2.24, 2.45) is 0 Å². The number of cyclic esters (lactones) is 1. The predicted octanol–water partition coefficient (Wildman–Crippen LogP) is 2.72. The summed E-state index contributed by atoms with van der Waals surface area (Å²) >= 11 is 0. The van der Waals surface area contributed by atoms with Crippen molar-refractivity contribution in [3.63, 3.8) is 0 Å². The molecule has 1 aliphatic carbocycles. The third-order valence-electron chi connectivity index (χ3n) is 8.87. The number of nitrogens with zero attached hydrogens (tertiary/aromatic N) is 3. The Morgan fingerprint density at radius 3 is 2.67 bits per heavy atom. The normalized spacial score (nSPS) is 23.0. The molecule has 42 heavy (non-hydrogen) atoms. The van der Waals surface area contributed by atoms with Crippen LogP contribution in [0.2, 0.25) is 0 Å². The Labute approximate surface area is 246 Å². The summed E-state index contributed by atoms with van der Waals surface area (Å²) in [5.41, 5.74) is 4.87. The number of likely N-dealkylation sites (tertiary alicyclic amines) is 1.